The zero-order valence-electron chi connectivity index (χ0n) is 19.4. The second-order valence-electron chi connectivity index (χ2n) is 7.71. The summed E-state index contributed by atoms with van der Waals surface area (Å²) in [6.07, 6.45) is 2.58. The van der Waals surface area contributed by atoms with Gasteiger partial charge in [-0.3, -0.25) is 9.36 Å². The van der Waals surface area contributed by atoms with Crippen LogP contribution in [-0.4, -0.2) is 67.8 Å². The smallest absolute Gasteiger partial charge is 0.435 e. The van der Waals surface area contributed by atoms with Crippen LogP contribution in [0.1, 0.15) is 45.1 Å². The Kier molecular flexibility index (Phi) is 11.4. The Balaban J connectivity index is 1.85. The third-order valence-electron chi connectivity index (χ3n) is 5.28. The van der Waals surface area contributed by atoms with Crippen LogP contribution in [-0.2, 0) is 39.3 Å². The minimum Gasteiger partial charge on any atom is -0.435 e. The molecule has 1 amide bonds. The summed E-state index contributed by atoms with van der Waals surface area (Å²) < 4.78 is 33.1. The maximum absolute atomic E-state index is 13.3. The fourth-order valence-electron chi connectivity index (χ4n) is 3.75. The molecule has 1 aromatic carbocycles. The molecule has 0 spiro atoms. The summed E-state index contributed by atoms with van der Waals surface area (Å²) in [7, 11) is -3.18. The Morgan fingerprint density at radius 1 is 1.03 bits per heavy atom. The number of esters is 1. The highest BCUT2D eigenvalue weighted by molar-refractivity contribution is 7.59. The van der Waals surface area contributed by atoms with Crippen LogP contribution in [0.4, 0.5) is 4.79 Å². The van der Waals surface area contributed by atoms with Crippen molar-refractivity contribution in [1.82, 2.24) is 4.90 Å². The molecule has 33 heavy (non-hydrogen) atoms. The Labute approximate surface area is 195 Å². The Bertz CT molecular complexity index is 816. The number of likely N-dealkylation sites (tertiary alicyclic amines) is 1. The number of amides is 1. The zero-order chi connectivity index (χ0) is 24.1. The van der Waals surface area contributed by atoms with Crippen LogP contribution in [0, 0.1) is 0 Å². The van der Waals surface area contributed by atoms with E-state index < -0.39 is 32.3 Å². The molecule has 184 valence electrons. The van der Waals surface area contributed by atoms with E-state index in [4.69, 9.17) is 9.26 Å². The van der Waals surface area contributed by atoms with E-state index in [2.05, 4.69) is 21.6 Å². The number of aryl methyl sites for hydroxylation is 1. The lowest BCUT2D eigenvalue weighted by molar-refractivity contribution is -0.161. The number of carbonyl (C=O) groups excluding carboxylic acids is 3. The average molecular weight is 483 g/mol. The predicted octanol–water partition coefficient (Wildman–Crippen LogP) is 3.99. The van der Waals surface area contributed by atoms with Crippen LogP contribution < -0.4 is 0 Å². The van der Waals surface area contributed by atoms with Crippen LogP contribution in [0.25, 0.3) is 0 Å². The molecule has 1 aromatic rings. The van der Waals surface area contributed by atoms with Gasteiger partial charge >= 0.3 is 12.1 Å². The van der Waals surface area contributed by atoms with Crippen molar-refractivity contribution in [1.29, 1.82) is 0 Å². The molecular formula is C23H34NO8P. The van der Waals surface area contributed by atoms with E-state index in [1.54, 1.807) is 13.8 Å². The molecule has 1 aliphatic rings. The van der Waals surface area contributed by atoms with Crippen molar-refractivity contribution in [3.63, 3.8) is 0 Å². The number of hydrogen-bond donors (Lipinski definition) is 0. The lowest BCUT2D eigenvalue weighted by atomic mass is 10.1. The van der Waals surface area contributed by atoms with E-state index in [1.165, 1.54) is 10.5 Å². The molecule has 0 aromatic heterocycles. The molecular weight excluding hydrogens is 449 g/mol. The number of hydrogen-bond acceptors (Lipinski definition) is 8. The summed E-state index contributed by atoms with van der Waals surface area (Å²) in [6, 6.07) is 9.25. The van der Waals surface area contributed by atoms with E-state index in [9.17, 15) is 18.9 Å². The first-order valence-electron chi connectivity index (χ1n) is 11.4. The highest BCUT2D eigenvalue weighted by Crippen LogP contribution is 2.48. The number of ether oxygens (including phenoxy) is 3. The first-order valence-corrected chi connectivity index (χ1v) is 13.4. The fraction of sp³-hybridized carbons (Fsp3) is 0.609. The Hall–Kier alpha value is -2.38. The van der Waals surface area contributed by atoms with Gasteiger partial charge in [0.1, 0.15) is 12.2 Å². The molecule has 2 rings (SSSR count). The van der Waals surface area contributed by atoms with E-state index in [0.29, 0.717) is 32.0 Å². The molecule has 9 nitrogen and oxygen atoms in total. The summed E-state index contributed by atoms with van der Waals surface area (Å²) in [6.45, 7) is 3.55. The second kappa shape index (κ2) is 14.0. The quantitative estimate of drug-likeness (QED) is 0.179. The first-order chi connectivity index (χ1) is 15.9. The molecule has 10 heteroatoms. The second-order valence-corrected chi connectivity index (χ2v) is 10.4. The van der Waals surface area contributed by atoms with Crippen LogP contribution >= 0.6 is 7.37 Å². The standard InChI is InChI=1S/C23H34NO8P/c1-3-29-23(27)31-18-30-22(26)20-14-10-15-24(20)21(25)17-33(28,32-4-2)16-9-8-13-19-11-6-5-7-12-19/h5-7,11-12,20H,3-4,8-10,13-18H2,1-2H3/t20-,33?/m0/s1. The van der Waals surface area contributed by atoms with Crippen LogP contribution in [0.5, 0.6) is 0 Å². The van der Waals surface area contributed by atoms with Gasteiger partial charge in [-0.1, -0.05) is 30.3 Å². The van der Waals surface area contributed by atoms with E-state index in [1.807, 2.05) is 18.2 Å². The van der Waals surface area contributed by atoms with Crippen LogP contribution in [0.2, 0.25) is 0 Å². The molecule has 0 N–H and O–H groups in total. The molecule has 2 atom stereocenters. The molecule has 1 unspecified atom stereocenters. The number of unbranched alkanes of at least 4 members (excludes halogenated alkanes) is 1. The van der Waals surface area contributed by atoms with Gasteiger partial charge < -0.3 is 23.6 Å². The maximum Gasteiger partial charge on any atom is 0.511 e. The summed E-state index contributed by atoms with van der Waals surface area (Å²) in [5.74, 6) is -1.06. The molecule has 1 saturated heterocycles. The Morgan fingerprint density at radius 2 is 1.79 bits per heavy atom. The van der Waals surface area contributed by atoms with Crippen LogP contribution in [0.15, 0.2) is 30.3 Å². The van der Waals surface area contributed by atoms with Gasteiger partial charge in [-0.2, -0.15) is 0 Å². The molecule has 0 bridgehead atoms. The van der Waals surface area contributed by atoms with Crippen molar-refractivity contribution in [3.05, 3.63) is 35.9 Å². The van der Waals surface area contributed by atoms with Crippen molar-refractivity contribution < 1.29 is 37.7 Å². The highest BCUT2D eigenvalue weighted by Gasteiger charge is 2.38. The van der Waals surface area contributed by atoms with Crippen LogP contribution in [0.3, 0.4) is 0 Å². The van der Waals surface area contributed by atoms with Crippen molar-refractivity contribution in [2.75, 3.05) is 38.9 Å². The molecule has 0 radical (unpaired) electrons. The van der Waals surface area contributed by atoms with Gasteiger partial charge in [-0.05, 0) is 51.5 Å². The fourth-order valence-corrected chi connectivity index (χ4v) is 5.90. The number of carbonyl (C=O) groups is 3. The molecule has 1 fully saturated rings. The average Bonchev–Trinajstić information content (AvgIpc) is 3.28. The van der Waals surface area contributed by atoms with Gasteiger partial charge in [-0.25, -0.2) is 9.59 Å². The third kappa shape index (κ3) is 9.18. The normalized spacial score (nSPS) is 17.3. The van der Waals surface area contributed by atoms with Gasteiger partial charge in [-0.15, -0.1) is 0 Å². The Morgan fingerprint density at radius 3 is 2.48 bits per heavy atom. The third-order valence-corrected chi connectivity index (χ3v) is 7.76. The molecule has 0 saturated carbocycles. The first kappa shape index (κ1) is 26.9. The van der Waals surface area contributed by atoms with E-state index in [0.717, 1.165) is 12.8 Å². The minimum absolute atomic E-state index is 0.143. The topological polar surface area (TPSA) is 108 Å². The number of benzene rings is 1. The lowest BCUT2D eigenvalue weighted by Gasteiger charge is -2.25. The van der Waals surface area contributed by atoms with E-state index in [-0.39, 0.29) is 25.3 Å². The lowest BCUT2D eigenvalue weighted by Crippen LogP contribution is -2.43. The van der Waals surface area contributed by atoms with Crippen molar-refractivity contribution in [3.8, 4) is 0 Å². The highest BCUT2D eigenvalue weighted by atomic mass is 31.2. The van der Waals surface area contributed by atoms with Gasteiger partial charge in [0.25, 0.3) is 0 Å². The molecule has 1 heterocycles. The van der Waals surface area contributed by atoms with E-state index >= 15 is 0 Å². The number of nitrogens with zero attached hydrogens (tertiary/aromatic N) is 1. The minimum atomic E-state index is -3.18. The SMILES string of the molecule is CCOC(=O)OCOC(=O)[C@@H]1CCCN1C(=O)CP(=O)(CCCCc1ccccc1)OCC. The maximum atomic E-state index is 13.3. The summed E-state index contributed by atoms with van der Waals surface area (Å²) in [5.41, 5.74) is 1.21. The zero-order valence-corrected chi connectivity index (χ0v) is 20.3. The number of rotatable bonds is 13. The summed E-state index contributed by atoms with van der Waals surface area (Å²) in [4.78, 5) is 37.9. The van der Waals surface area contributed by atoms with Gasteiger partial charge in [0.15, 0.2) is 0 Å². The van der Waals surface area contributed by atoms with Gasteiger partial charge in [0.2, 0.25) is 20.1 Å². The van der Waals surface area contributed by atoms with Gasteiger partial charge in [0, 0.05) is 12.7 Å². The van der Waals surface area contributed by atoms with Crippen molar-refractivity contribution in [2.45, 2.75) is 52.0 Å². The van der Waals surface area contributed by atoms with Crippen molar-refractivity contribution >= 4 is 25.4 Å². The summed E-state index contributed by atoms with van der Waals surface area (Å²) in [5, 5.41) is 0. The summed E-state index contributed by atoms with van der Waals surface area (Å²) >= 11 is 0. The molecule has 1 aliphatic heterocycles. The van der Waals surface area contributed by atoms with Crippen molar-refractivity contribution in [2.24, 2.45) is 0 Å². The monoisotopic (exact) mass is 483 g/mol. The predicted molar refractivity (Wildman–Crippen MR) is 122 cm³/mol. The largest absolute Gasteiger partial charge is 0.511 e. The molecule has 0 aliphatic carbocycles. The van der Waals surface area contributed by atoms with Gasteiger partial charge in [0.05, 0.1) is 13.2 Å².